The van der Waals surface area contributed by atoms with Crippen LogP contribution in [-0.2, 0) is 14.8 Å². The van der Waals surface area contributed by atoms with Crippen molar-refractivity contribution in [3.63, 3.8) is 0 Å². The number of morpholine rings is 1. The molecule has 8 heteroatoms. The quantitative estimate of drug-likeness (QED) is 0.573. The summed E-state index contributed by atoms with van der Waals surface area (Å²) in [5, 5.41) is 6.36. The number of aliphatic imine (C=N–C) groups is 1. The molecule has 1 fully saturated rings. The second kappa shape index (κ2) is 9.34. The molecule has 1 saturated heterocycles. The highest BCUT2D eigenvalue weighted by molar-refractivity contribution is 7.89. The Kier molecular flexibility index (Phi) is 7.43. The van der Waals surface area contributed by atoms with E-state index >= 15 is 0 Å². The number of rotatable bonds is 6. The second-order valence-corrected chi connectivity index (χ2v) is 8.75. The lowest BCUT2D eigenvalue weighted by Crippen LogP contribution is -2.50. The van der Waals surface area contributed by atoms with Gasteiger partial charge < -0.3 is 15.4 Å². The van der Waals surface area contributed by atoms with Gasteiger partial charge in [-0.25, -0.2) is 8.42 Å². The van der Waals surface area contributed by atoms with E-state index in [1.165, 1.54) is 4.31 Å². The fourth-order valence-electron chi connectivity index (χ4n) is 3.01. The Morgan fingerprint density at radius 3 is 2.46 bits per heavy atom. The minimum Gasteiger partial charge on any atom is -0.373 e. The van der Waals surface area contributed by atoms with E-state index in [4.69, 9.17) is 4.74 Å². The van der Waals surface area contributed by atoms with E-state index in [1.54, 1.807) is 7.05 Å². The number of hydrogen-bond donors (Lipinski definition) is 2. The molecule has 0 saturated carbocycles. The van der Waals surface area contributed by atoms with Crippen molar-refractivity contribution < 1.29 is 13.2 Å². The number of sulfonamides is 1. The third kappa shape index (κ3) is 5.96. The van der Waals surface area contributed by atoms with Crippen molar-refractivity contribution in [3.05, 3.63) is 35.9 Å². The first-order valence-corrected chi connectivity index (χ1v) is 10.6. The lowest BCUT2D eigenvalue weighted by atomic mass is 10.1. The van der Waals surface area contributed by atoms with E-state index in [9.17, 15) is 8.42 Å². The normalized spacial score (nSPS) is 23.5. The second-order valence-electron chi connectivity index (χ2n) is 6.67. The van der Waals surface area contributed by atoms with Gasteiger partial charge in [-0.1, -0.05) is 30.3 Å². The number of benzene rings is 1. The minimum atomic E-state index is -3.33. The van der Waals surface area contributed by atoms with Gasteiger partial charge in [0.1, 0.15) is 0 Å². The van der Waals surface area contributed by atoms with Crippen LogP contribution in [-0.4, -0.2) is 63.3 Å². The zero-order valence-electron chi connectivity index (χ0n) is 16.0. The topological polar surface area (TPSA) is 83.0 Å². The molecule has 3 atom stereocenters. The predicted molar refractivity (Wildman–Crippen MR) is 105 cm³/mol. The third-order valence-corrected chi connectivity index (χ3v) is 6.11. The SMILES string of the molecule is CN=C(NCCS(=O)(=O)N1CC(C)OC(C)C1)NC(C)c1ccccc1. The monoisotopic (exact) mass is 382 g/mol. The van der Waals surface area contributed by atoms with Crippen molar-refractivity contribution >= 4 is 16.0 Å². The number of ether oxygens (including phenoxy) is 1. The van der Waals surface area contributed by atoms with E-state index in [0.29, 0.717) is 25.6 Å². The summed E-state index contributed by atoms with van der Waals surface area (Å²) >= 11 is 0. The van der Waals surface area contributed by atoms with Crippen LogP contribution >= 0.6 is 0 Å². The summed E-state index contributed by atoms with van der Waals surface area (Å²) in [6.45, 7) is 6.94. The van der Waals surface area contributed by atoms with Gasteiger partial charge in [0.05, 0.1) is 24.0 Å². The Hall–Kier alpha value is -1.64. The fourth-order valence-corrected chi connectivity index (χ4v) is 4.50. The van der Waals surface area contributed by atoms with Gasteiger partial charge in [0.25, 0.3) is 0 Å². The molecule has 7 nitrogen and oxygen atoms in total. The average molecular weight is 383 g/mol. The third-order valence-electron chi connectivity index (χ3n) is 4.31. The summed E-state index contributed by atoms with van der Waals surface area (Å²) in [5.41, 5.74) is 1.14. The molecule has 2 N–H and O–H groups in total. The van der Waals surface area contributed by atoms with Crippen LogP contribution in [0.4, 0.5) is 0 Å². The molecule has 1 aliphatic heterocycles. The molecule has 0 spiro atoms. The first-order valence-electron chi connectivity index (χ1n) is 8.97. The maximum atomic E-state index is 12.6. The van der Waals surface area contributed by atoms with Crippen LogP contribution in [0.1, 0.15) is 32.4 Å². The molecule has 1 heterocycles. The molecule has 2 rings (SSSR count). The molecule has 3 unspecified atom stereocenters. The standard InChI is InChI=1S/C18H30N4O3S/c1-14-12-22(13-15(2)25-14)26(23,24)11-10-20-18(19-4)21-16(3)17-8-6-5-7-9-17/h5-9,14-16H,10-13H2,1-4H3,(H2,19,20,21). The van der Waals surface area contributed by atoms with Gasteiger partial charge in [0.15, 0.2) is 5.96 Å². The van der Waals surface area contributed by atoms with Crippen LogP contribution in [0.3, 0.4) is 0 Å². The average Bonchev–Trinajstić information content (AvgIpc) is 2.60. The summed E-state index contributed by atoms with van der Waals surface area (Å²) in [4.78, 5) is 4.18. The van der Waals surface area contributed by atoms with Gasteiger partial charge >= 0.3 is 0 Å². The highest BCUT2D eigenvalue weighted by Gasteiger charge is 2.30. The molecule has 0 bridgehead atoms. The Balaban J connectivity index is 1.85. The first kappa shape index (κ1) is 20.7. The van der Waals surface area contributed by atoms with E-state index in [2.05, 4.69) is 15.6 Å². The van der Waals surface area contributed by atoms with Crippen LogP contribution in [0.15, 0.2) is 35.3 Å². The molecule has 146 valence electrons. The van der Waals surface area contributed by atoms with Crippen molar-refractivity contribution in [2.45, 2.75) is 39.0 Å². The summed E-state index contributed by atoms with van der Waals surface area (Å²) in [6, 6.07) is 10.1. The fraction of sp³-hybridized carbons (Fsp3) is 0.611. The summed E-state index contributed by atoms with van der Waals surface area (Å²) in [7, 11) is -1.65. The molecule has 1 aromatic carbocycles. The van der Waals surface area contributed by atoms with Crippen molar-refractivity contribution in [3.8, 4) is 0 Å². The molecule has 26 heavy (non-hydrogen) atoms. The first-order chi connectivity index (χ1) is 12.3. The maximum absolute atomic E-state index is 12.6. The minimum absolute atomic E-state index is 0.0207. The molecule has 1 aliphatic rings. The molecular formula is C18H30N4O3S. The molecule has 1 aromatic rings. The van der Waals surface area contributed by atoms with Crippen LogP contribution in [0, 0.1) is 0 Å². The number of guanidine groups is 1. The molecule has 0 amide bonds. The summed E-state index contributed by atoms with van der Waals surface area (Å²) in [5.74, 6) is 0.604. The smallest absolute Gasteiger partial charge is 0.216 e. The van der Waals surface area contributed by atoms with Gasteiger partial charge in [-0.05, 0) is 26.3 Å². The van der Waals surface area contributed by atoms with Crippen LogP contribution < -0.4 is 10.6 Å². The van der Waals surface area contributed by atoms with Crippen molar-refractivity contribution in [2.24, 2.45) is 4.99 Å². The van der Waals surface area contributed by atoms with Gasteiger partial charge in [-0.2, -0.15) is 4.31 Å². The lowest BCUT2D eigenvalue weighted by Gasteiger charge is -2.34. The number of nitrogens with one attached hydrogen (secondary N) is 2. The zero-order valence-corrected chi connectivity index (χ0v) is 16.8. The van der Waals surface area contributed by atoms with Crippen molar-refractivity contribution in [2.75, 3.05) is 32.4 Å². The molecule has 0 radical (unpaired) electrons. The van der Waals surface area contributed by atoms with E-state index in [-0.39, 0.29) is 24.0 Å². The molecule has 0 aromatic heterocycles. The molecular weight excluding hydrogens is 352 g/mol. The number of hydrogen-bond acceptors (Lipinski definition) is 4. The highest BCUT2D eigenvalue weighted by Crippen LogP contribution is 2.14. The molecule has 0 aliphatic carbocycles. The Morgan fingerprint density at radius 1 is 1.27 bits per heavy atom. The highest BCUT2D eigenvalue weighted by atomic mass is 32.2. The lowest BCUT2D eigenvalue weighted by molar-refractivity contribution is -0.0440. The van der Waals surface area contributed by atoms with Gasteiger partial charge in [0, 0.05) is 26.7 Å². The van der Waals surface area contributed by atoms with Crippen LogP contribution in [0.25, 0.3) is 0 Å². The largest absolute Gasteiger partial charge is 0.373 e. The van der Waals surface area contributed by atoms with E-state index < -0.39 is 10.0 Å². The van der Waals surface area contributed by atoms with Crippen molar-refractivity contribution in [1.29, 1.82) is 0 Å². The van der Waals surface area contributed by atoms with Crippen LogP contribution in [0.2, 0.25) is 0 Å². The zero-order chi connectivity index (χ0) is 19.2. The van der Waals surface area contributed by atoms with Gasteiger partial charge in [-0.3, -0.25) is 4.99 Å². The Morgan fingerprint density at radius 2 is 1.88 bits per heavy atom. The van der Waals surface area contributed by atoms with Crippen LogP contribution in [0.5, 0.6) is 0 Å². The van der Waals surface area contributed by atoms with Crippen molar-refractivity contribution in [1.82, 2.24) is 14.9 Å². The van der Waals surface area contributed by atoms with Gasteiger partial charge in [0.2, 0.25) is 10.0 Å². The Labute approximate surface area is 156 Å². The van der Waals surface area contributed by atoms with E-state index in [1.807, 2.05) is 51.1 Å². The number of nitrogens with zero attached hydrogens (tertiary/aromatic N) is 2. The predicted octanol–water partition coefficient (Wildman–Crippen LogP) is 1.35. The Bertz CT molecular complexity index is 684. The van der Waals surface area contributed by atoms with E-state index in [0.717, 1.165) is 5.56 Å². The summed E-state index contributed by atoms with van der Waals surface area (Å²) in [6.07, 6.45) is -0.162. The summed E-state index contributed by atoms with van der Waals surface area (Å²) < 4.78 is 32.3. The maximum Gasteiger partial charge on any atom is 0.216 e. The van der Waals surface area contributed by atoms with Gasteiger partial charge in [-0.15, -0.1) is 0 Å².